The SMILES string of the molecule is CCCCC1=NC(C)CCCC1. The standard InChI is InChI=1S/C11H21N/c1-3-4-8-11-9-6-5-7-10(2)12-11/h10H,3-9H2,1-2H3. The molecule has 0 aromatic carbocycles. The van der Waals surface area contributed by atoms with Crippen molar-refractivity contribution in [2.75, 3.05) is 0 Å². The van der Waals surface area contributed by atoms with Gasteiger partial charge in [-0.2, -0.15) is 0 Å². The van der Waals surface area contributed by atoms with Crippen LogP contribution in [0.3, 0.4) is 0 Å². The van der Waals surface area contributed by atoms with Crippen LogP contribution < -0.4 is 0 Å². The van der Waals surface area contributed by atoms with Crippen molar-refractivity contribution in [1.82, 2.24) is 0 Å². The smallest absolute Gasteiger partial charge is 0.0470 e. The van der Waals surface area contributed by atoms with Gasteiger partial charge in [-0.25, -0.2) is 0 Å². The zero-order valence-corrected chi connectivity index (χ0v) is 8.47. The monoisotopic (exact) mass is 167 g/mol. The van der Waals surface area contributed by atoms with Gasteiger partial charge in [0.25, 0.3) is 0 Å². The summed E-state index contributed by atoms with van der Waals surface area (Å²) in [5.41, 5.74) is 1.49. The van der Waals surface area contributed by atoms with E-state index in [0.29, 0.717) is 6.04 Å². The van der Waals surface area contributed by atoms with Crippen LogP contribution >= 0.6 is 0 Å². The Morgan fingerprint density at radius 1 is 1.42 bits per heavy atom. The Morgan fingerprint density at radius 3 is 3.00 bits per heavy atom. The second-order valence-corrected chi connectivity index (χ2v) is 3.89. The first kappa shape index (κ1) is 9.76. The van der Waals surface area contributed by atoms with Gasteiger partial charge in [-0.3, -0.25) is 4.99 Å². The van der Waals surface area contributed by atoms with Gasteiger partial charge >= 0.3 is 0 Å². The van der Waals surface area contributed by atoms with Gasteiger partial charge in [0, 0.05) is 11.8 Å². The Labute approximate surface area is 76.3 Å². The molecular weight excluding hydrogens is 146 g/mol. The van der Waals surface area contributed by atoms with E-state index < -0.39 is 0 Å². The summed E-state index contributed by atoms with van der Waals surface area (Å²) in [5.74, 6) is 0. The third-order valence-corrected chi connectivity index (χ3v) is 2.56. The highest BCUT2D eigenvalue weighted by atomic mass is 14.8. The highest BCUT2D eigenvalue weighted by Crippen LogP contribution is 2.15. The lowest BCUT2D eigenvalue weighted by Crippen LogP contribution is -2.01. The summed E-state index contributed by atoms with van der Waals surface area (Å²) in [7, 11) is 0. The minimum atomic E-state index is 0.597. The van der Waals surface area contributed by atoms with Crippen LogP contribution in [-0.2, 0) is 0 Å². The normalized spacial score (nSPS) is 24.8. The lowest BCUT2D eigenvalue weighted by Gasteiger charge is -2.04. The predicted molar refractivity (Wildman–Crippen MR) is 54.9 cm³/mol. The maximum Gasteiger partial charge on any atom is 0.0470 e. The Morgan fingerprint density at radius 2 is 2.25 bits per heavy atom. The van der Waals surface area contributed by atoms with Gasteiger partial charge in [-0.1, -0.05) is 19.8 Å². The first-order valence-electron chi connectivity index (χ1n) is 5.38. The van der Waals surface area contributed by atoms with Crippen molar-refractivity contribution < 1.29 is 0 Å². The minimum absolute atomic E-state index is 0.597. The van der Waals surface area contributed by atoms with Crippen LogP contribution in [-0.4, -0.2) is 11.8 Å². The number of unbranched alkanes of at least 4 members (excludes halogenated alkanes) is 1. The summed E-state index contributed by atoms with van der Waals surface area (Å²) < 4.78 is 0. The van der Waals surface area contributed by atoms with Gasteiger partial charge < -0.3 is 0 Å². The average molecular weight is 167 g/mol. The summed E-state index contributed by atoms with van der Waals surface area (Å²) in [6.45, 7) is 4.50. The van der Waals surface area contributed by atoms with Crippen molar-refractivity contribution in [3.05, 3.63) is 0 Å². The van der Waals surface area contributed by atoms with Crippen LogP contribution in [0.4, 0.5) is 0 Å². The molecule has 1 aliphatic rings. The molecule has 0 aromatic heterocycles. The van der Waals surface area contributed by atoms with Gasteiger partial charge in [0.05, 0.1) is 0 Å². The number of rotatable bonds is 3. The van der Waals surface area contributed by atoms with Crippen molar-refractivity contribution in [2.24, 2.45) is 4.99 Å². The van der Waals surface area contributed by atoms with Crippen molar-refractivity contribution >= 4 is 5.71 Å². The van der Waals surface area contributed by atoms with Crippen molar-refractivity contribution in [2.45, 2.75) is 64.8 Å². The predicted octanol–water partition coefficient (Wildman–Crippen LogP) is 3.58. The lowest BCUT2D eigenvalue weighted by molar-refractivity contribution is 0.630. The zero-order chi connectivity index (χ0) is 8.81. The molecule has 0 N–H and O–H groups in total. The van der Waals surface area contributed by atoms with Crippen molar-refractivity contribution in [3.63, 3.8) is 0 Å². The number of aliphatic imine (C=N–C) groups is 1. The molecule has 0 bridgehead atoms. The molecule has 0 amide bonds. The summed E-state index contributed by atoms with van der Waals surface area (Å²) in [5, 5.41) is 0. The summed E-state index contributed by atoms with van der Waals surface area (Å²) in [6.07, 6.45) is 9.19. The molecular formula is C11H21N. The van der Waals surface area contributed by atoms with Gasteiger partial charge in [0.15, 0.2) is 0 Å². The van der Waals surface area contributed by atoms with Crippen LogP contribution in [0.2, 0.25) is 0 Å². The maximum atomic E-state index is 4.73. The molecule has 0 fully saturated rings. The van der Waals surface area contributed by atoms with E-state index in [1.165, 1.54) is 50.7 Å². The van der Waals surface area contributed by atoms with E-state index in [9.17, 15) is 0 Å². The summed E-state index contributed by atoms with van der Waals surface area (Å²) >= 11 is 0. The van der Waals surface area contributed by atoms with Crippen LogP contribution in [0.25, 0.3) is 0 Å². The fourth-order valence-electron chi connectivity index (χ4n) is 1.78. The van der Waals surface area contributed by atoms with Gasteiger partial charge in [0.1, 0.15) is 0 Å². The molecule has 0 spiro atoms. The van der Waals surface area contributed by atoms with Crippen molar-refractivity contribution in [3.8, 4) is 0 Å². The zero-order valence-electron chi connectivity index (χ0n) is 8.47. The summed E-state index contributed by atoms with van der Waals surface area (Å²) in [6, 6.07) is 0.597. The van der Waals surface area contributed by atoms with Crippen LogP contribution in [0.1, 0.15) is 58.8 Å². The third kappa shape index (κ3) is 3.38. The van der Waals surface area contributed by atoms with Crippen molar-refractivity contribution in [1.29, 1.82) is 0 Å². The third-order valence-electron chi connectivity index (χ3n) is 2.56. The molecule has 1 unspecified atom stereocenters. The van der Waals surface area contributed by atoms with E-state index >= 15 is 0 Å². The van der Waals surface area contributed by atoms with Crippen LogP contribution in [0.5, 0.6) is 0 Å². The van der Waals surface area contributed by atoms with E-state index in [4.69, 9.17) is 4.99 Å². The number of hydrogen-bond acceptors (Lipinski definition) is 1. The first-order chi connectivity index (χ1) is 5.83. The fraction of sp³-hybridized carbons (Fsp3) is 0.909. The van der Waals surface area contributed by atoms with E-state index in [0.717, 1.165) is 0 Å². The van der Waals surface area contributed by atoms with Gasteiger partial charge in [0.2, 0.25) is 0 Å². The molecule has 0 aromatic rings. The first-order valence-corrected chi connectivity index (χ1v) is 5.38. The molecule has 1 atom stereocenters. The molecule has 0 saturated heterocycles. The summed E-state index contributed by atoms with van der Waals surface area (Å²) in [4.78, 5) is 4.73. The van der Waals surface area contributed by atoms with Gasteiger partial charge in [-0.05, 0) is 39.0 Å². The second kappa shape index (κ2) is 5.34. The lowest BCUT2D eigenvalue weighted by atomic mass is 10.1. The average Bonchev–Trinajstić information content (AvgIpc) is 2.26. The van der Waals surface area contributed by atoms with E-state index in [2.05, 4.69) is 13.8 Å². The molecule has 1 heterocycles. The van der Waals surface area contributed by atoms with E-state index in [-0.39, 0.29) is 0 Å². The second-order valence-electron chi connectivity index (χ2n) is 3.89. The molecule has 12 heavy (non-hydrogen) atoms. The molecule has 70 valence electrons. The topological polar surface area (TPSA) is 12.4 Å². The molecule has 0 aliphatic carbocycles. The Kier molecular flexibility index (Phi) is 4.34. The van der Waals surface area contributed by atoms with Crippen LogP contribution in [0.15, 0.2) is 4.99 Å². The number of nitrogens with zero attached hydrogens (tertiary/aromatic N) is 1. The Bertz CT molecular complexity index is 149. The molecule has 0 saturated carbocycles. The molecule has 1 aliphatic heterocycles. The van der Waals surface area contributed by atoms with Crippen LogP contribution in [0, 0.1) is 0 Å². The molecule has 1 nitrogen and oxygen atoms in total. The molecule has 1 rings (SSSR count). The molecule has 0 radical (unpaired) electrons. The highest BCUT2D eigenvalue weighted by molar-refractivity contribution is 5.84. The Balaban J connectivity index is 2.37. The molecule has 1 heteroatoms. The highest BCUT2D eigenvalue weighted by Gasteiger charge is 2.08. The number of hydrogen-bond donors (Lipinski definition) is 0. The van der Waals surface area contributed by atoms with E-state index in [1.807, 2.05) is 0 Å². The largest absolute Gasteiger partial charge is 0.291 e. The Hall–Kier alpha value is -0.330. The maximum absolute atomic E-state index is 4.73. The fourth-order valence-corrected chi connectivity index (χ4v) is 1.78. The minimum Gasteiger partial charge on any atom is -0.291 e. The van der Waals surface area contributed by atoms with Gasteiger partial charge in [-0.15, -0.1) is 0 Å². The quantitative estimate of drug-likeness (QED) is 0.609. The van der Waals surface area contributed by atoms with E-state index in [1.54, 1.807) is 0 Å².